The fourth-order valence-electron chi connectivity index (χ4n) is 1.71. The van der Waals surface area contributed by atoms with Crippen molar-refractivity contribution >= 4 is 22.6 Å². The summed E-state index contributed by atoms with van der Waals surface area (Å²) in [6.45, 7) is 0. The zero-order valence-corrected chi connectivity index (χ0v) is 11.1. The molecule has 0 aliphatic carbocycles. The number of aliphatic hydroxyl groups excluding tert-OH is 2. The van der Waals surface area contributed by atoms with E-state index in [9.17, 15) is 24.2 Å². The van der Waals surface area contributed by atoms with Gasteiger partial charge in [-0.3, -0.25) is 14.3 Å². The van der Waals surface area contributed by atoms with Gasteiger partial charge < -0.3 is 14.9 Å². The van der Waals surface area contributed by atoms with Gasteiger partial charge in [0.15, 0.2) is 6.23 Å². The smallest absolute Gasteiger partial charge is 0.330 e. The van der Waals surface area contributed by atoms with Crippen molar-refractivity contribution in [1.29, 1.82) is 0 Å². The first-order chi connectivity index (χ1) is 8.39. The summed E-state index contributed by atoms with van der Waals surface area (Å²) >= 11 is 1.66. The minimum atomic E-state index is -2.43. The van der Waals surface area contributed by atoms with Gasteiger partial charge in [-0.05, 0) is 0 Å². The van der Waals surface area contributed by atoms with Gasteiger partial charge in [0.1, 0.15) is 12.2 Å². The van der Waals surface area contributed by atoms with Crippen LogP contribution in [0.5, 0.6) is 0 Å². The molecule has 1 aliphatic rings. The Morgan fingerprint density at radius 2 is 2.22 bits per heavy atom. The SMILES string of the molecule is O=c1ccn(C2OC(F)(CI)C(O)C2O)c(=O)[nH]1. The molecule has 1 aromatic rings. The van der Waals surface area contributed by atoms with Crippen molar-refractivity contribution < 1.29 is 19.3 Å². The largest absolute Gasteiger partial charge is 0.385 e. The van der Waals surface area contributed by atoms with E-state index < -0.39 is 35.5 Å². The number of halogens is 2. The van der Waals surface area contributed by atoms with Crippen molar-refractivity contribution in [3.05, 3.63) is 33.1 Å². The third-order valence-corrected chi connectivity index (χ3v) is 3.72. The Balaban J connectivity index is 2.41. The Bertz CT molecular complexity index is 560. The molecule has 1 saturated heterocycles. The van der Waals surface area contributed by atoms with Crippen LogP contribution in [0.1, 0.15) is 6.23 Å². The van der Waals surface area contributed by atoms with Gasteiger partial charge in [0.2, 0.25) is 5.85 Å². The molecule has 0 aromatic carbocycles. The normalized spacial score (nSPS) is 35.9. The van der Waals surface area contributed by atoms with Crippen LogP contribution in [0.25, 0.3) is 0 Å². The second-order valence-electron chi connectivity index (χ2n) is 3.88. The van der Waals surface area contributed by atoms with Gasteiger partial charge in [0, 0.05) is 12.3 Å². The Kier molecular flexibility index (Phi) is 3.58. The van der Waals surface area contributed by atoms with E-state index >= 15 is 0 Å². The maximum Gasteiger partial charge on any atom is 0.330 e. The average molecular weight is 372 g/mol. The number of nitrogens with zero attached hydrogens (tertiary/aromatic N) is 1. The summed E-state index contributed by atoms with van der Waals surface area (Å²) < 4.78 is 19.5. The predicted molar refractivity (Wildman–Crippen MR) is 66.2 cm³/mol. The van der Waals surface area contributed by atoms with Crippen molar-refractivity contribution in [2.45, 2.75) is 24.3 Å². The second kappa shape index (κ2) is 4.72. The minimum absolute atomic E-state index is 0.211. The fourth-order valence-corrected chi connectivity index (χ4v) is 2.34. The van der Waals surface area contributed by atoms with Crippen LogP contribution in [0.3, 0.4) is 0 Å². The molecule has 3 N–H and O–H groups in total. The molecule has 9 heteroatoms. The van der Waals surface area contributed by atoms with E-state index in [4.69, 9.17) is 4.74 Å². The molecule has 2 rings (SSSR count). The van der Waals surface area contributed by atoms with Crippen molar-refractivity contribution in [1.82, 2.24) is 9.55 Å². The monoisotopic (exact) mass is 372 g/mol. The summed E-state index contributed by atoms with van der Waals surface area (Å²) in [5.41, 5.74) is -1.47. The molecular formula is C9H10FIN2O5. The lowest BCUT2D eigenvalue weighted by atomic mass is 10.1. The van der Waals surface area contributed by atoms with Gasteiger partial charge >= 0.3 is 5.69 Å². The summed E-state index contributed by atoms with van der Waals surface area (Å²) in [6.07, 6.45) is -3.68. The number of rotatable bonds is 2. The highest BCUT2D eigenvalue weighted by atomic mass is 127. The Hall–Kier alpha value is -0.780. The minimum Gasteiger partial charge on any atom is -0.385 e. The van der Waals surface area contributed by atoms with Gasteiger partial charge in [-0.2, -0.15) is 0 Å². The van der Waals surface area contributed by atoms with E-state index in [1.165, 1.54) is 0 Å². The number of alkyl halides is 2. The molecule has 1 aliphatic heterocycles. The van der Waals surface area contributed by atoms with E-state index in [0.717, 1.165) is 16.8 Å². The molecule has 100 valence electrons. The Morgan fingerprint density at radius 1 is 1.56 bits per heavy atom. The number of nitrogens with one attached hydrogen (secondary N) is 1. The van der Waals surface area contributed by atoms with E-state index in [1.54, 1.807) is 22.6 Å². The van der Waals surface area contributed by atoms with Crippen molar-refractivity contribution in [3.8, 4) is 0 Å². The molecule has 0 bridgehead atoms. The number of aromatic amines is 1. The lowest BCUT2D eigenvalue weighted by Crippen LogP contribution is -2.40. The summed E-state index contributed by atoms with van der Waals surface area (Å²) in [4.78, 5) is 24.3. The van der Waals surface area contributed by atoms with Crippen LogP contribution in [0.2, 0.25) is 0 Å². The van der Waals surface area contributed by atoms with Crippen LogP contribution < -0.4 is 11.2 Å². The molecule has 0 radical (unpaired) electrons. The van der Waals surface area contributed by atoms with Crippen molar-refractivity contribution in [2.24, 2.45) is 0 Å². The summed E-state index contributed by atoms with van der Waals surface area (Å²) in [5.74, 6) is -2.43. The highest BCUT2D eigenvalue weighted by molar-refractivity contribution is 14.1. The van der Waals surface area contributed by atoms with Gasteiger partial charge in [-0.1, -0.05) is 22.6 Å². The van der Waals surface area contributed by atoms with E-state index in [-0.39, 0.29) is 4.43 Å². The summed E-state index contributed by atoms with van der Waals surface area (Å²) in [5, 5.41) is 19.3. The topological polar surface area (TPSA) is 105 Å². The fraction of sp³-hybridized carbons (Fsp3) is 0.556. The van der Waals surface area contributed by atoms with E-state index in [0.29, 0.717) is 0 Å². The van der Waals surface area contributed by atoms with E-state index in [1.807, 2.05) is 4.98 Å². The highest BCUT2D eigenvalue weighted by Gasteiger charge is 2.55. The molecule has 4 atom stereocenters. The van der Waals surface area contributed by atoms with Crippen LogP contribution in [-0.2, 0) is 4.74 Å². The zero-order chi connectivity index (χ0) is 13.5. The van der Waals surface area contributed by atoms with Crippen molar-refractivity contribution in [2.75, 3.05) is 4.43 Å². The van der Waals surface area contributed by atoms with Gasteiger partial charge in [0.25, 0.3) is 5.56 Å². The molecule has 0 spiro atoms. The molecule has 1 aromatic heterocycles. The summed E-state index contributed by atoms with van der Waals surface area (Å²) in [7, 11) is 0. The van der Waals surface area contributed by atoms with Gasteiger partial charge in [0.05, 0.1) is 4.43 Å². The molecular weight excluding hydrogens is 362 g/mol. The van der Waals surface area contributed by atoms with Gasteiger partial charge in [-0.25, -0.2) is 9.18 Å². The standard InChI is InChI=1S/C9H10FIN2O5/c10-9(3-11)6(16)5(15)7(18-9)13-2-1-4(14)12-8(13)17/h1-2,5-7,15-16H,3H2,(H,12,14,17). The van der Waals surface area contributed by atoms with Crippen LogP contribution in [-0.4, -0.2) is 42.3 Å². The van der Waals surface area contributed by atoms with Gasteiger partial charge in [-0.15, -0.1) is 0 Å². The van der Waals surface area contributed by atoms with Crippen LogP contribution in [0, 0.1) is 0 Å². The maximum absolute atomic E-state index is 14.0. The first-order valence-corrected chi connectivity index (χ1v) is 6.52. The lowest BCUT2D eigenvalue weighted by Gasteiger charge is -2.19. The molecule has 0 amide bonds. The first kappa shape index (κ1) is 13.6. The molecule has 0 saturated carbocycles. The number of hydrogen-bond acceptors (Lipinski definition) is 5. The maximum atomic E-state index is 14.0. The highest BCUT2D eigenvalue weighted by Crippen LogP contribution is 2.38. The zero-order valence-electron chi connectivity index (χ0n) is 8.92. The molecule has 7 nitrogen and oxygen atoms in total. The first-order valence-electron chi connectivity index (χ1n) is 4.99. The molecule has 1 fully saturated rings. The van der Waals surface area contributed by atoms with E-state index in [2.05, 4.69) is 0 Å². The predicted octanol–water partition coefficient (Wildman–Crippen LogP) is -1.11. The van der Waals surface area contributed by atoms with Crippen LogP contribution in [0.15, 0.2) is 21.9 Å². The molecule has 2 heterocycles. The number of H-pyrrole nitrogens is 1. The number of aliphatic hydroxyl groups is 2. The lowest BCUT2D eigenvalue weighted by molar-refractivity contribution is -0.169. The third-order valence-electron chi connectivity index (χ3n) is 2.68. The third kappa shape index (κ3) is 2.11. The molecule has 4 unspecified atom stereocenters. The van der Waals surface area contributed by atoms with Crippen LogP contribution in [0.4, 0.5) is 4.39 Å². The number of aromatic nitrogens is 2. The number of ether oxygens (including phenoxy) is 1. The van der Waals surface area contributed by atoms with Crippen molar-refractivity contribution in [3.63, 3.8) is 0 Å². The Labute approximate surface area is 113 Å². The summed E-state index contributed by atoms with van der Waals surface area (Å²) in [6, 6.07) is 1.03. The molecule has 18 heavy (non-hydrogen) atoms. The van der Waals surface area contributed by atoms with Crippen LogP contribution >= 0.6 is 22.6 Å². The second-order valence-corrected chi connectivity index (χ2v) is 4.64. The Morgan fingerprint density at radius 3 is 2.72 bits per heavy atom. The quantitative estimate of drug-likeness (QED) is 0.451. The number of hydrogen-bond donors (Lipinski definition) is 3. The average Bonchev–Trinajstić information content (AvgIpc) is 2.55.